The normalized spacial score (nSPS) is 16.1. The Hall–Kier alpha value is -1.75. The third-order valence-electron chi connectivity index (χ3n) is 3.57. The standard InChI is InChI=1S/C15H22N2O3/c1-2-20-13-7-4-3-6-12(13)10-16-14(18)17-11-15(19)8-5-9-15/h3-4,6-7,19H,2,5,8-11H2,1H3,(H2,16,17,18). The Balaban J connectivity index is 1.78. The van der Waals surface area contributed by atoms with Crippen molar-refractivity contribution in [2.24, 2.45) is 0 Å². The highest BCUT2D eigenvalue weighted by molar-refractivity contribution is 5.74. The van der Waals surface area contributed by atoms with Crippen LogP contribution in [-0.4, -0.2) is 29.9 Å². The molecule has 0 atom stereocenters. The van der Waals surface area contributed by atoms with Gasteiger partial charge in [-0.2, -0.15) is 0 Å². The van der Waals surface area contributed by atoms with Gasteiger partial charge in [-0.05, 0) is 32.3 Å². The number of rotatable bonds is 6. The number of para-hydroxylation sites is 1. The van der Waals surface area contributed by atoms with Crippen molar-refractivity contribution in [3.8, 4) is 5.75 Å². The SMILES string of the molecule is CCOc1ccccc1CNC(=O)NCC1(O)CCC1. The summed E-state index contributed by atoms with van der Waals surface area (Å²) in [5.74, 6) is 0.785. The highest BCUT2D eigenvalue weighted by Crippen LogP contribution is 2.30. The molecule has 1 fully saturated rings. The van der Waals surface area contributed by atoms with Crippen LogP contribution in [0.3, 0.4) is 0 Å². The van der Waals surface area contributed by atoms with E-state index in [-0.39, 0.29) is 6.03 Å². The second kappa shape index (κ2) is 6.61. The second-order valence-corrected chi connectivity index (χ2v) is 5.15. The zero-order valence-corrected chi connectivity index (χ0v) is 11.8. The zero-order valence-electron chi connectivity index (χ0n) is 11.8. The van der Waals surface area contributed by atoms with Crippen molar-refractivity contribution in [2.45, 2.75) is 38.3 Å². The van der Waals surface area contributed by atoms with Gasteiger partial charge in [0.15, 0.2) is 0 Å². The number of carbonyl (C=O) groups is 1. The third-order valence-corrected chi connectivity index (χ3v) is 3.57. The summed E-state index contributed by atoms with van der Waals surface area (Å²) < 4.78 is 5.50. The number of ether oxygens (including phenoxy) is 1. The van der Waals surface area contributed by atoms with Crippen LogP contribution in [0.5, 0.6) is 5.75 Å². The molecular formula is C15H22N2O3. The van der Waals surface area contributed by atoms with Crippen molar-refractivity contribution in [2.75, 3.05) is 13.2 Å². The molecule has 1 aromatic rings. The number of amides is 2. The molecule has 0 saturated heterocycles. The minimum absolute atomic E-state index is 0.267. The van der Waals surface area contributed by atoms with Crippen LogP contribution in [0, 0.1) is 0 Å². The number of hydrogen-bond acceptors (Lipinski definition) is 3. The largest absolute Gasteiger partial charge is 0.494 e. The summed E-state index contributed by atoms with van der Waals surface area (Å²) in [6.07, 6.45) is 2.56. The quantitative estimate of drug-likeness (QED) is 0.743. The first-order valence-corrected chi connectivity index (χ1v) is 7.08. The van der Waals surface area contributed by atoms with Gasteiger partial charge in [-0.1, -0.05) is 18.2 Å². The number of nitrogens with one attached hydrogen (secondary N) is 2. The van der Waals surface area contributed by atoms with E-state index in [1.807, 2.05) is 31.2 Å². The molecule has 1 saturated carbocycles. The first-order valence-electron chi connectivity index (χ1n) is 7.08. The van der Waals surface area contributed by atoms with Gasteiger partial charge >= 0.3 is 6.03 Å². The molecule has 0 aliphatic heterocycles. The number of urea groups is 1. The molecule has 5 nitrogen and oxygen atoms in total. The van der Waals surface area contributed by atoms with Gasteiger partial charge in [-0.15, -0.1) is 0 Å². The molecule has 5 heteroatoms. The van der Waals surface area contributed by atoms with Gasteiger partial charge < -0.3 is 20.5 Å². The fourth-order valence-corrected chi connectivity index (χ4v) is 2.19. The minimum Gasteiger partial charge on any atom is -0.494 e. The lowest BCUT2D eigenvalue weighted by Crippen LogP contribution is -2.49. The Labute approximate surface area is 119 Å². The van der Waals surface area contributed by atoms with E-state index in [0.717, 1.165) is 30.6 Å². The van der Waals surface area contributed by atoms with E-state index in [1.54, 1.807) is 0 Å². The summed E-state index contributed by atoms with van der Waals surface area (Å²) in [5, 5.41) is 15.4. The molecular weight excluding hydrogens is 256 g/mol. The monoisotopic (exact) mass is 278 g/mol. The Morgan fingerprint density at radius 1 is 1.35 bits per heavy atom. The lowest BCUT2D eigenvalue weighted by Gasteiger charge is -2.36. The summed E-state index contributed by atoms with van der Waals surface area (Å²) in [4.78, 5) is 11.7. The summed E-state index contributed by atoms with van der Waals surface area (Å²) in [6.45, 7) is 3.23. The van der Waals surface area contributed by atoms with Gasteiger partial charge in [0.2, 0.25) is 0 Å². The molecule has 1 aromatic carbocycles. The third kappa shape index (κ3) is 3.87. The Morgan fingerprint density at radius 3 is 2.75 bits per heavy atom. The van der Waals surface area contributed by atoms with E-state index in [2.05, 4.69) is 10.6 Å². The predicted molar refractivity (Wildman–Crippen MR) is 76.7 cm³/mol. The van der Waals surface area contributed by atoms with E-state index >= 15 is 0 Å². The van der Waals surface area contributed by atoms with Crippen molar-refractivity contribution < 1.29 is 14.6 Å². The molecule has 3 N–H and O–H groups in total. The van der Waals surface area contributed by atoms with Crippen LogP contribution in [0.15, 0.2) is 24.3 Å². The summed E-state index contributed by atoms with van der Waals surface area (Å²) >= 11 is 0. The van der Waals surface area contributed by atoms with E-state index < -0.39 is 5.60 Å². The van der Waals surface area contributed by atoms with E-state index in [9.17, 15) is 9.90 Å². The fourth-order valence-electron chi connectivity index (χ4n) is 2.19. The smallest absolute Gasteiger partial charge is 0.315 e. The molecule has 0 radical (unpaired) electrons. The Kier molecular flexibility index (Phi) is 4.84. The maximum Gasteiger partial charge on any atom is 0.315 e. The lowest BCUT2D eigenvalue weighted by atomic mass is 9.80. The zero-order chi connectivity index (χ0) is 14.4. The van der Waals surface area contributed by atoms with Crippen LogP contribution in [0.25, 0.3) is 0 Å². The molecule has 1 aliphatic carbocycles. The van der Waals surface area contributed by atoms with Gasteiger partial charge in [0.25, 0.3) is 0 Å². The molecule has 20 heavy (non-hydrogen) atoms. The van der Waals surface area contributed by atoms with Crippen molar-refractivity contribution in [1.82, 2.24) is 10.6 Å². The van der Waals surface area contributed by atoms with Gasteiger partial charge in [0.05, 0.1) is 12.2 Å². The minimum atomic E-state index is -0.694. The molecule has 0 bridgehead atoms. The van der Waals surface area contributed by atoms with E-state index in [4.69, 9.17) is 4.74 Å². The molecule has 1 aliphatic rings. The van der Waals surface area contributed by atoms with Crippen molar-refractivity contribution >= 4 is 6.03 Å². The topological polar surface area (TPSA) is 70.6 Å². The van der Waals surface area contributed by atoms with Crippen molar-refractivity contribution in [3.05, 3.63) is 29.8 Å². The molecule has 2 rings (SSSR count). The molecule has 110 valence electrons. The van der Waals surface area contributed by atoms with Crippen LogP contribution in [0.1, 0.15) is 31.7 Å². The first-order chi connectivity index (χ1) is 9.63. The first kappa shape index (κ1) is 14.7. The van der Waals surface area contributed by atoms with Crippen LogP contribution >= 0.6 is 0 Å². The average molecular weight is 278 g/mol. The maximum absolute atomic E-state index is 11.7. The van der Waals surface area contributed by atoms with Crippen LogP contribution in [0.2, 0.25) is 0 Å². The van der Waals surface area contributed by atoms with Gasteiger partial charge in [-0.25, -0.2) is 4.79 Å². The molecule has 0 aromatic heterocycles. The number of carbonyl (C=O) groups excluding carboxylic acids is 1. The summed E-state index contributed by atoms with van der Waals surface area (Å²) in [6, 6.07) is 7.35. The Bertz CT molecular complexity index is 458. The van der Waals surface area contributed by atoms with Gasteiger partial charge in [-0.3, -0.25) is 0 Å². The lowest BCUT2D eigenvalue weighted by molar-refractivity contribution is -0.0290. The molecule has 0 heterocycles. The fraction of sp³-hybridized carbons (Fsp3) is 0.533. The highest BCUT2D eigenvalue weighted by Gasteiger charge is 2.34. The van der Waals surface area contributed by atoms with Crippen LogP contribution < -0.4 is 15.4 Å². The average Bonchev–Trinajstić information content (AvgIpc) is 2.42. The number of benzene rings is 1. The highest BCUT2D eigenvalue weighted by atomic mass is 16.5. The van der Waals surface area contributed by atoms with E-state index in [0.29, 0.717) is 19.7 Å². The van der Waals surface area contributed by atoms with E-state index in [1.165, 1.54) is 0 Å². The van der Waals surface area contributed by atoms with Gasteiger partial charge in [0, 0.05) is 18.7 Å². The number of hydrogen-bond donors (Lipinski definition) is 3. The van der Waals surface area contributed by atoms with Crippen LogP contribution in [-0.2, 0) is 6.54 Å². The van der Waals surface area contributed by atoms with Crippen molar-refractivity contribution in [3.63, 3.8) is 0 Å². The second-order valence-electron chi connectivity index (χ2n) is 5.15. The summed E-state index contributed by atoms with van der Waals surface area (Å²) in [7, 11) is 0. The van der Waals surface area contributed by atoms with Crippen molar-refractivity contribution in [1.29, 1.82) is 0 Å². The van der Waals surface area contributed by atoms with Gasteiger partial charge in [0.1, 0.15) is 5.75 Å². The number of aliphatic hydroxyl groups is 1. The molecule has 0 spiro atoms. The predicted octanol–water partition coefficient (Wildman–Crippen LogP) is 1.80. The summed E-state index contributed by atoms with van der Waals surface area (Å²) in [5.41, 5.74) is 0.243. The molecule has 0 unspecified atom stereocenters. The van der Waals surface area contributed by atoms with Crippen LogP contribution in [0.4, 0.5) is 4.79 Å². The molecule has 2 amide bonds. The maximum atomic E-state index is 11.7. The Morgan fingerprint density at radius 2 is 2.10 bits per heavy atom.